The Bertz CT molecular complexity index is 611. The van der Waals surface area contributed by atoms with Gasteiger partial charge in [0.25, 0.3) is 0 Å². The van der Waals surface area contributed by atoms with Gasteiger partial charge in [-0.2, -0.15) is 9.97 Å². The molecule has 0 radical (unpaired) electrons. The Hall–Kier alpha value is -2.37. The fraction of sp³-hybridized carbons (Fsp3) is 0.400. The Morgan fingerprint density at radius 3 is 2.48 bits per heavy atom. The normalized spacial score (nSPS) is 17.0. The molecular formula is C15H18N4O2. The minimum atomic E-state index is 0.201. The molecule has 0 saturated carbocycles. The van der Waals surface area contributed by atoms with Gasteiger partial charge in [0.15, 0.2) is 0 Å². The lowest BCUT2D eigenvalue weighted by molar-refractivity contribution is 0.340. The van der Waals surface area contributed by atoms with Crippen LogP contribution in [0.15, 0.2) is 24.3 Å². The van der Waals surface area contributed by atoms with E-state index < -0.39 is 0 Å². The Kier molecular flexibility index (Phi) is 3.85. The molecule has 0 aliphatic heterocycles. The van der Waals surface area contributed by atoms with Crippen LogP contribution in [0, 0.1) is 0 Å². The molecule has 1 aliphatic rings. The third-order valence-corrected chi connectivity index (χ3v) is 3.63. The Labute approximate surface area is 123 Å². The van der Waals surface area contributed by atoms with Crippen LogP contribution < -0.4 is 14.8 Å². The van der Waals surface area contributed by atoms with Gasteiger partial charge in [0, 0.05) is 0 Å². The van der Waals surface area contributed by atoms with Gasteiger partial charge >= 0.3 is 12.0 Å². The van der Waals surface area contributed by atoms with E-state index >= 15 is 0 Å². The molecule has 0 bridgehead atoms. The van der Waals surface area contributed by atoms with Crippen molar-refractivity contribution >= 4 is 5.95 Å². The van der Waals surface area contributed by atoms with E-state index in [9.17, 15) is 0 Å². The average Bonchev–Trinajstić information content (AvgIpc) is 2.55. The van der Waals surface area contributed by atoms with E-state index in [-0.39, 0.29) is 18.1 Å². The summed E-state index contributed by atoms with van der Waals surface area (Å²) >= 11 is 0. The van der Waals surface area contributed by atoms with Crippen LogP contribution in [0.4, 0.5) is 5.95 Å². The van der Waals surface area contributed by atoms with Crippen molar-refractivity contribution in [1.82, 2.24) is 15.0 Å². The summed E-state index contributed by atoms with van der Waals surface area (Å²) in [5, 5.41) is 3.36. The first-order valence-electron chi connectivity index (χ1n) is 6.98. The number of hydrogen-bond acceptors (Lipinski definition) is 6. The highest BCUT2D eigenvalue weighted by Gasteiger charge is 2.21. The van der Waals surface area contributed by atoms with Gasteiger partial charge in [-0.1, -0.05) is 24.3 Å². The molecule has 1 atom stereocenters. The third-order valence-electron chi connectivity index (χ3n) is 3.63. The number of ether oxygens (including phenoxy) is 2. The van der Waals surface area contributed by atoms with E-state index in [4.69, 9.17) is 9.47 Å². The van der Waals surface area contributed by atoms with Gasteiger partial charge in [0.05, 0.1) is 20.3 Å². The van der Waals surface area contributed by atoms with Crippen LogP contribution in [0.3, 0.4) is 0 Å². The highest BCUT2D eigenvalue weighted by atomic mass is 16.5. The Morgan fingerprint density at radius 1 is 1.05 bits per heavy atom. The first kappa shape index (κ1) is 13.6. The molecule has 1 aliphatic carbocycles. The van der Waals surface area contributed by atoms with Crippen LogP contribution in [0.2, 0.25) is 0 Å². The molecule has 1 heterocycles. The maximum Gasteiger partial charge on any atom is 0.324 e. The van der Waals surface area contributed by atoms with E-state index in [1.807, 2.05) is 0 Å². The van der Waals surface area contributed by atoms with Gasteiger partial charge < -0.3 is 14.8 Å². The highest BCUT2D eigenvalue weighted by molar-refractivity contribution is 5.39. The molecule has 3 rings (SSSR count). The van der Waals surface area contributed by atoms with Gasteiger partial charge in [-0.3, -0.25) is 0 Å². The average molecular weight is 286 g/mol. The molecule has 0 amide bonds. The molecule has 1 aromatic carbocycles. The SMILES string of the molecule is COc1nc(NC2CCCc3ccccc32)nc(OC)n1. The molecule has 1 aromatic heterocycles. The number of benzene rings is 1. The van der Waals surface area contributed by atoms with Crippen LogP contribution in [-0.4, -0.2) is 29.2 Å². The maximum atomic E-state index is 5.07. The third kappa shape index (κ3) is 2.89. The van der Waals surface area contributed by atoms with Gasteiger partial charge in [-0.15, -0.1) is 4.98 Å². The van der Waals surface area contributed by atoms with Crippen LogP contribution in [-0.2, 0) is 6.42 Å². The Balaban J connectivity index is 1.87. The Morgan fingerprint density at radius 2 is 1.76 bits per heavy atom. The van der Waals surface area contributed by atoms with Crippen molar-refractivity contribution in [3.63, 3.8) is 0 Å². The predicted molar refractivity (Wildman–Crippen MR) is 78.7 cm³/mol. The lowest BCUT2D eigenvalue weighted by atomic mass is 9.88. The summed E-state index contributed by atoms with van der Waals surface area (Å²) in [5.41, 5.74) is 2.69. The van der Waals surface area contributed by atoms with Crippen molar-refractivity contribution in [2.45, 2.75) is 25.3 Å². The minimum Gasteiger partial charge on any atom is -0.467 e. The molecule has 1 N–H and O–H groups in total. The van der Waals surface area contributed by atoms with Gasteiger partial charge in [-0.05, 0) is 30.4 Å². The van der Waals surface area contributed by atoms with Crippen LogP contribution >= 0.6 is 0 Å². The van der Waals surface area contributed by atoms with Crippen molar-refractivity contribution in [2.24, 2.45) is 0 Å². The molecule has 1 unspecified atom stereocenters. The topological polar surface area (TPSA) is 69.2 Å². The van der Waals surface area contributed by atoms with Gasteiger partial charge in [-0.25, -0.2) is 0 Å². The van der Waals surface area contributed by atoms with E-state index in [0.29, 0.717) is 5.95 Å². The summed E-state index contributed by atoms with van der Waals surface area (Å²) in [6.45, 7) is 0. The molecule has 110 valence electrons. The van der Waals surface area contributed by atoms with Crippen molar-refractivity contribution in [1.29, 1.82) is 0 Å². The first-order valence-corrected chi connectivity index (χ1v) is 6.98. The number of nitrogens with zero attached hydrogens (tertiary/aromatic N) is 3. The van der Waals surface area contributed by atoms with E-state index in [0.717, 1.165) is 19.3 Å². The molecule has 0 saturated heterocycles. The van der Waals surface area contributed by atoms with Crippen LogP contribution in [0.25, 0.3) is 0 Å². The largest absolute Gasteiger partial charge is 0.467 e. The maximum absolute atomic E-state index is 5.07. The molecule has 6 nitrogen and oxygen atoms in total. The number of methoxy groups -OCH3 is 2. The van der Waals surface area contributed by atoms with E-state index in [2.05, 4.69) is 44.5 Å². The molecule has 0 fully saturated rings. The molecule has 6 heteroatoms. The highest BCUT2D eigenvalue weighted by Crippen LogP contribution is 2.31. The number of aromatic nitrogens is 3. The summed E-state index contributed by atoms with van der Waals surface area (Å²) in [5.74, 6) is 0.473. The summed E-state index contributed by atoms with van der Waals surface area (Å²) in [6, 6.07) is 9.16. The molecule has 21 heavy (non-hydrogen) atoms. The standard InChI is InChI=1S/C15H18N4O2/c1-20-14-17-13(18-15(19-14)21-2)16-12-9-5-7-10-6-3-4-8-11(10)12/h3-4,6,8,12H,5,7,9H2,1-2H3,(H,16,17,18,19). The minimum absolute atomic E-state index is 0.201. The van der Waals surface area contributed by atoms with Crippen molar-refractivity contribution in [3.05, 3.63) is 35.4 Å². The van der Waals surface area contributed by atoms with Crippen molar-refractivity contribution in [3.8, 4) is 12.0 Å². The smallest absolute Gasteiger partial charge is 0.324 e. The van der Waals surface area contributed by atoms with Gasteiger partial charge in [0.2, 0.25) is 5.95 Å². The summed E-state index contributed by atoms with van der Waals surface area (Å²) in [7, 11) is 3.04. The zero-order valence-corrected chi connectivity index (χ0v) is 12.2. The van der Waals surface area contributed by atoms with Crippen molar-refractivity contribution < 1.29 is 9.47 Å². The lowest BCUT2D eigenvalue weighted by Gasteiger charge is -2.26. The lowest BCUT2D eigenvalue weighted by Crippen LogP contribution is -2.19. The van der Waals surface area contributed by atoms with E-state index in [1.165, 1.54) is 25.3 Å². The van der Waals surface area contributed by atoms with E-state index in [1.54, 1.807) is 0 Å². The fourth-order valence-electron chi connectivity index (χ4n) is 2.64. The van der Waals surface area contributed by atoms with Gasteiger partial charge in [0.1, 0.15) is 0 Å². The number of aryl methyl sites for hydroxylation is 1. The summed E-state index contributed by atoms with van der Waals surface area (Å²) in [4.78, 5) is 12.5. The van der Waals surface area contributed by atoms with Crippen LogP contribution in [0.5, 0.6) is 12.0 Å². The number of hydrogen-bond donors (Lipinski definition) is 1. The number of nitrogens with one attached hydrogen (secondary N) is 1. The fourth-order valence-corrected chi connectivity index (χ4v) is 2.64. The summed E-state index contributed by atoms with van der Waals surface area (Å²) < 4.78 is 10.1. The zero-order chi connectivity index (χ0) is 14.7. The second kappa shape index (κ2) is 5.95. The number of anilines is 1. The quantitative estimate of drug-likeness (QED) is 0.930. The first-order chi connectivity index (χ1) is 10.3. The number of rotatable bonds is 4. The summed E-state index contributed by atoms with van der Waals surface area (Å²) in [6.07, 6.45) is 3.32. The second-order valence-electron chi connectivity index (χ2n) is 4.92. The van der Waals surface area contributed by atoms with Crippen molar-refractivity contribution in [2.75, 3.05) is 19.5 Å². The monoisotopic (exact) mass is 286 g/mol. The van der Waals surface area contributed by atoms with Crippen LogP contribution in [0.1, 0.15) is 30.0 Å². The predicted octanol–water partition coefficient (Wildman–Crippen LogP) is 2.38. The molecule has 0 spiro atoms. The molecular weight excluding hydrogens is 268 g/mol. The number of fused-ring (bicyclic) bond motifs is 1. The second-order valence-corrected chi connectivity index (χ2v) is 4.92. The zero-order valence-electron chi connectivity index (χ0n) is 12.2. The molecule has 2 aromatic rings.